The van der Waals surface area contributed by atoms with Crippen molar-refractivity contribution in [1.29, 1.82) is 0 Å². The molecule has 82 valence electrons. The first-order chi connectivity index (χ1) is 6.79. The summed E-state index contributed by atoms with van der Waals surface area (Å²) in [5.74, 6) is -0.728. The summed E-state index contributed by atoms with van der Waals surface area (Å²) in [6.45, 7) is 1.54. The molecule has 0 atom stereocenters. The van der Waals surface area contributed by atoms with Gasteiger partial charge in [0.1, 0.15) is 0 Å². The van der Waals surface area contributed by atoms with Crippen LogP contribution in [0.3, 0.4) is 0 Å². The predicted molar refractivity (Wildman–Crippen MR) is 51.2 cm³/mol. The maximum Gasteiger partial charge on any atom is 1.00 e. The van der Waals surface area contributed by atoms with Crippen LogP contribution in [0.4, 0.5) is 5.69 Å². The third kappa shape index (κ3) is 4.58. The van der Waals surface area contributed by atoms with Crippen LogP contribution in [-0.4, -0.2) is 17.9 Å². The van der Waals surface area contributed by atoms with E-state index in [2.05, 4.69) is 0 Å². The van der Waals surface area contributed by atoms with Crippen molar-refractivity contribution >= 4 is 15.8 Å². The molecule has 1 aromatic carbocycles. The Bertz CT molecular complexity index is 499. The van der Waals surface area contributed by atoms with Gasteiger partial charge < -0.3 is 4.55 Å². The summed E-state index contributed by atoms with van der Waals surface area (Å²) < 4.78 is 31.3. The van der Waals surface area contributed by atoms with Gasteiger partial charge in [-0.3, -0.25) is 10.1 Å². The van der Waals surface area contributed by atoms with Gasteiger partial charge in [-0.1, -0.05) is 12.1 Å². The molecule has 0 heterocycles. The average molecular weight is 253 g/mol. The Morgan fingerprint density at radius 1 is 1.38 bits per heavy atom. The molecule has 0 N–H and O–H groups in total. The summed E-state index contributed by atoms with van der Waals surface area (Å²) in [7, 11) is -4.41. The summed E-state index contributed by atoms with van der Waals surface area (Å²) in [6.07, 6.45) is 0. The molecule has 8 heteroatoms. The predicted octanol–water partition coefficient (Wildman–Crippen LogP) is -2.05. The number of rotatable bonds is 3. The van der Waals surface area contributed by atoms with Gasteiger partial charge in [-0.2, -0.15) is 0 Å². The van der Waals surface area contributed by atoms with Crippen LogP contribution >= 0.6 is 0 Å². The van der Waals surface area contributed by atoms with E-state index in [9.17, 15) is 23.1 Å². The van der Waals surface area contributed by atoms with Gasteiger partial charge in [0, 0.05) is 11.6 Å². The third-order valence-corrected chi connectivity index (χ3v) is 2.50. The fourth-order valence-corrected chi connectivity index (χ4v) is 1.73. The second-order valence-electron chi connectivity index (χ2n) is 3.08. The van der Waals surface area contributed by atoms with Crippen LogP contribution in [0, 0.1) is 17.0 Å². The summed E-state index contributed by atoms with van der Waals surface area (Å²) in [5.41, 5.74) is 0.366. The van der Waals surface area contributed by atoms with Gasteiger partial charge in [0.2, 0.25) is 0 Å². The minimum absolute atomic E-state index is 0. The third-order valence-electron chi connectivity index (χ3n) is 1.81. The van der Waals surface area contributed by atoms with E-state index < -0.39 is 20.8 Å². The van der Waals surface area contributed by atoms with Crippen LogP contribution < -0.4 is 29.6 Å². The number of nitro benzene ring substituents is 1. The van der Waals surface area contributed by atoms with E-state index in [0.29, 0.717) is 5.56 Å². The minimum Gasteiger partial charge on any atom is -0.748 e. The van der Waals surface area contributed by atoms with Crippen molar-refractivity contribution in [3.05, 3.63) is 39.4 Å². The molecule has 0 radical (unpaired) electrons. The number of hydrogen-bond acceptors (Lipinski definition) is 5. The molecule has 1 rings (SSSR count). The molecule has 1 aromatic rings. The Morgan fingerprint density at radius 3 is 2.38 bits per heavy atom. The first kappa shape index (κ1) is 15.5. The van der Waals surface area contributed by atoms with Gasteiger partial charge in [0.15, 0.2) is 0 Å². The fourth-order valence-electron chi connectivity index (χ4n) is 1.15. The summed E-state index contributed by atoms with van der Waals surface area (Å²) in [6, 6.07) is 3.90. The Balaban J connectivity index is 0.00000225. The summed E-state index contributed by atoms with van der Waals surface area (Å²) in [4.78, 5) is 9.90. The number of nitro groups is 1. The number of benzene rings is 1. The number of hydrogen-bond donors (Lipinski definition) is 0. The van der Waals surface area contributed by atoms with E-state index in [1.165, 1.54) is 19.1 Å². The fraction of sp³-hybridized carbons (Fsp3) is 0.250. The first-order valence-electron chi connectivity index (χ1n) is 3.97. The Labute approximate surface area is 115 Å². The summed E-state index contributed by atoms with van der Waals surface area (Å²) >= 11 is 0. The molecule has 0 bridgehead atoms. The van der Waals surface area contributed by atoms with Crippen LogP contribution in [0.1, 0.15) is 11.1 Å². The molecule has 6 nitrogen and oxygen atoms in total. The SMILES string of the molecule is Cc1ccc(CS(=O)(=O)[O-])cc1[N+](=O)[O-].[Na+]. The second-order valence-corrected chi connectivity index (χ2v) is 4.48. The molecule has 0 saturated carbocycles. The molecule has 0 amide bonds. The van der Waals surface area contributed by atoms with Crippen LogP contribution in [0.15, 0.2) is 18.2 Å². The number of nitrogens with zero attached hydrogens (tertiary/aromatic N) is 1. The van der Waals surface area contributed by atoms with Crippen LogP contribution in [0.25, 0.3) is 0 Å². The van der Waals surface area contributed by atoms with Crippen molar-refractivity contribution in [3.8, 4) is 0 Å². The molecule has 16 heavy (non-hydrogen) atoms. The van der Waals surface area contributed by atoms with Crippen LogP contribution in [0.5, 0.6) is 0 Å². The van der Waals surface area contributed by atoms with Gasteiger partial charge in [-0.15, -0.1) is 0 Å². The van der Waals surface area contributed by atoms with Crippen molar-refractivity contribution in [1.82, 2.24) is 0 Å². The van der Waals surface area contributed by atoms with E-state index in [0.717, 1.165) is 6.07 Å². The Kier molecular flexibility index (Phi) is 5.57. The van der Waals surface area contributed by atoms with Crippen molar-refractivity contribution in [2.24, 2.45) is 0 Å². The maximum atomic E-state index is 10.5. The molecular weight excluding hydrogens is 245 g/mol. The first-order valence-corrected chi connectivity index (χ1v) is 5.55. The largest absolute Gasteiger partial charge is 1.00 e. The van der Waals surface area contributed by atoms with E-state index in [1.807, 2.05) is 0 Å². The Hall–Kier alpha value is -0.470. The molecule has 0 saturated heterocycles. The molecule has 0 aliphatic rings. The molecule has 0 aliphatic carbocycles. The standard InChI is InChI=1S/C8H9NO5S.Na/c1-6-2-3-7(5-15(12,13)14)4-8(6)9(10)11;/h2-4H,5H2,1H3,(H,12,13,14);/q;+1/p-1. The minimum atomic E-state index is -4.41. The van der Waals surface area contributed by atoms with Crippen molar-refractivity contribution in [3.63, 3.8) is 0 Å². The quantitative estimate of drug-likeness (QED) is 0.267. The zero-order valence-corrected chi connectivity index (χ0v) is 11.7. The van der Waals surface area contributed by atoms with E-state index >= 15 is 0 Å². The summed E-state index contributed by atoms with van der Waals surface area (Å²) in [5, 5.41) is 10.5. The van der Waals surface area contributed by atoms with Gasteiger partial charge in [-0.25, -0.2) is 8.42 Å². The maximum absolute atomic E-state index is 10.5. The second kappa shape index (κ2) is 5.74. The van der Waals surface area contributed by atoms with E-state index in [-0.39, 0.29) is 40.8 Å². The topological polar surface area (TPSA) is 100 Å². The van der Waals surface area contributed by atoms with Gasteiger partial charge >= 0.3 is 29.6 Å². The number of aryl methyl sites for hydroxylation is 1. The van der Waals surface area contributed by atoms with Gasteiger partial charge in [-0.05, 0) is 12.5 Å². The monoisotopic (exact) mass is 253 g/mol. The van der Waals surface area contributed by atoms with Crippen molar-refractivity contribution < 1.29 is 47.5 Å². The molecule has 0 fully saturated rings. The average Bonchev–Trinajstić information content (AvgIpc) is 2.05. The molecule has 0 aromatic heterocycles. The van der Waals surface area contributed by atoms with Crippen molar-refractivity contribution in [2.75, 3.05) is 0 Å². The van der Waals surface area contributed by atoms with Gasteiger partial charge in [0.05, 0.1) is 20.8 Å². The zero-order valence-electron chi connectivity index (χ0n) is 8.84. The van der Waals surface area contributed by atoms with Crippen LogP contribution in [-0.2, 0) is 15.9 Å². The van der Waals surface area contributed by atoms with E-state index in [1.54, 1.807) is 0 Å². The molecular formula is C8H8NNaO5S. The molecule has 0 aliphatic heterocycles. The van der Waals surface area contributed by atoms with Crippen molar-refractivity contribution in [2.45, 2.75) is 12.7 Å². The molecule has 0 unspecified atom stereocenters. The van der Waals surface area contributed by atoms with E-state index in [4.69, 9.17) is 0 Å². The van der Waals surface area contributed by atoms with Crippen LogP contribution in [0.2, 0.25) is 0 Å². The van der Waals surface area contributed by atoms with Gasteiger partial charge in [0.25, 0.3) is 5.69 Å². The normalized spacial score (nSPS) is 10.6. The Morgan fingerprint density at radius 2 is 1.94 bits per heavy atom. The smallest absolute Gasteiger partial charge is 0.748 e. The molecule has 0 spiro atoms. The zero-order chi connectivity index (χ0) is 11.6.